The highest BCUT2D eigenvalue weighted by atomic mass is 35.7. The van der Waals surface area contributed by atoms with Gasteiger partial charge in [-0.1, -0.05) is 11.6 Å². The zero-order valence-corrected chi connectivity index (χ0v) is 10.1. The average molecular weight is 257 g/mol. The van der Waals surface area contributed by atoms with E-state index >= 15 is 0 Å². The molecule has 4 nitrogen and oxygen atoms in total. The Labute approximate surface area is 92.2 Å². The van der Waals surface area contributed by atoms with Gasteiger partial charge in [-0.15, -0.1) is 0 Å². The fraction of sp³-hybridized carbons (Fsp3) is 0.571. The molecule has 7 heteroatoms. The van der Waals surface area contributed by atoms with Gasteiger partial charge < -0.3 is 0 Å². The molecular formula is C7H10Cl2N2O2S. The molecule has 0 aromatic carbocycles. The molecule has 0 bridgehead atoms. The van der Waals surface area contributed by atoms with Gasteiger partial charge in [-0.25, -0.2) is 8.42 Å². The predicted octanol–water partition coefficient (Wildman–Crippen LogP) is 1.93. The fourth-order valence-electron chi connectivity index (χ4n) is 1.17. The lowest BCUT2D eigenvalue weighted by Crippen LogP contribution is -2.06. The molecule has 0 N–H and O–H groups in total. The maximum Gasteiger partial charge on any atom is 0.238 e. The number of hydrogen-bond donors (Lipinski definition) is 0. The van der Waals surface area contributed by atoms with E-state index in [9.17, 15) is 8.42 Å². The summed E-state index contributed by atoms with van der Waals surface area (Å²) in [6.07, 6.45) is 0. The second-order valence-corrected chi connectivity index (χ2v) is 6.00. The number of nitrogens with zero attached hydrogens (tertiary/aromatic N) is 2. The van der Waals surface area contributed by atoms with Crippen molar-refractivity contribution in [3.8, 4) is 0 Å². The van der Waals surface area contributed by atoms with E-state index in [0.29, 0.717) is 23.0 Å². The minimum Gasteiger partial charge on any atom is -0.267 e. The second kappa shape index (κ2) is 4.08. The van der Waals surface area contributed by atoms with E-state index in [1.807, 2.05) is 6.92 Å². The van der Waals surface area contributed by atoms with Crippen LogP contribution >= 0.6 is 22.3 Å². The zero-order valence-electron chi connectivity index (χ0n) is 7.79. The minimum atomic E-state index is -3.59. The molecule has 0 saturated heterocycles. The summed E-state index contributed by atoms with van der Waals surface area (Å²) in [6, 6.07) is 0. The van der Waals surface area contributed by atoms with Gasteiger partial charge in [-0.3, -0.25) is 4.68 Å². The van der Waals surface area contributed by atoms with Gasteiger partial charge in [0.15, 0.2) is 0 Å². The zero-order chi connectivity index (χ0) is 10.9. The van der Waals surface area contributed by atoms with E-state index < -0.39 is 9.05 Å². The first-order valence-electron chi connectivity index (χ1n) is 3.99. The number of hydrogen-bond acceptors (Lipinski definition) is 3. The Bertz CT molecular complexity index is 439. The molecule has 0 radical (unpaired) electrons. The summed E-state index contributed by atoms with van der Waals surface area (Å²) < 4.78 is 23.3. The molecular weight excluding hydrogens is 247 g/mol. The van der Waals surface area contributed by atoms with Gasteiger partial charge in [0.1, 0.15) is 5.75 Å². The number of aryl methyl sites for hydroxylation is 2. The van der Waals surface area contributed by atoms with Crippen molar-refractivity contribution in [2.24, 2.45) is 0 Å². The van der Waals surface area contributed by atoms with Gasteiger partial charge in [-0.2, -0.15) is 5.10 Å². The van der Waals surface area contributed by atoms with Gasteiger partial charge >= 0.3 is 0 Å². The Hall–Kier alpha value is -0.260. The smallest absolute Gasteiger partial charge is 0.238 e. The van der Waals surface area contributed by atoms with E-state index in [1.54, 1.807) is 6.92 Å². The highest BCUT2D eigenvalue weighted by Gasteiger charge is 2.18. The van der Waals surface area contributed by atoms with Gasteiger partial charge in [0, 0.05) is 17.2 Å². The molecule has 0 atom stereocenters. The van der Waals surface area contributed by atoms with E-state index in [2.05, 4.69) is 5.10 Å². The number of aromatic nitrogens is 2. The Kier molecular flexibility index (Phi) is 3.44. The lowest BCUT2D eigenvalue weighted by molar-refractivity contribution is 0.597. The van der Waals surface area contributed by atoms with Crippen molar-refractivity contribution >= 4 is 31.3 Å². The molecule has 0 unspecified atom stereocenters. The van der Waals surface area contributed by atoms with Crippen molar-refractivity contribution in [2.45, 2.75) is 26.1 Å². The Morgan fingerprint density at radius 2 is 2.07 bits per heavy atom. The van der Waals surface area contributed by atoms with Gasteiger partial charge in [0.2, 0.25) is 9.05 Å². The van der Waals surface area contributed by atoms with E-state index in [-0.39, 0.29) is 5.75 Å². The van der Waals surface area contributed by atoms with Crippen molar-refractivity contribution in [2.75, 3.05) is 0 Å². The molecule has 1 heterocycles. The van der Waals surface area contributed by atoms with Crippen molar-refractivity contribution in [1.82, 2.24) is 9.78 Å². The van der Waals surface area contributed by atoms with Crippen molar-refractivity contribution in [1.29, 1.82) is 0 Å². The van der Waals surface area contributed by atoms with Crippen LogP contribution in [0.2, 0.25) is 5.02 Å². The standard InChI is InChI=1S/C7H10Cl2N2O2S/c1-3-11-6(4-14(9,12)13)7(8)5(2)10-11/h3-4H2,1-2H3. The molecule has 1 aromatic rings. The third kappa shape index (κ3) is 2.62. The predicted molar refractivity (Wildman–Crippen MR) is 56.1 cm³/mol. The summed E-state index contributed by atoms with van der Waals surface area (Å²) >= 11 is 5.89. The van der Waals surface area contributed by atoms with Gasteiger partial charge in [-0.05, 0) is 13.8 Å². The van der Waals surface area contributed by atoms with Crippen LogP contribution in [-0.4, -0.2) is 18.2 Å². The lowest BCUT2D eigenvalue weighted by atomic mass is 10.4. The van der Waals surface area contributed by atoms with Crippen molar-refractivity contribution in [3.63, 3.8) is 0 Å². The van der Waals surface area contributed by atoms with E-state index in [1.165, 1.54) is 4.68 Å². The molecule has 1 aromatic heterocycles. The van der Waals surface area contributed by atoms with Crippen LogP contribution in [-0.2, 0) is 21.3 Å². The van der Waals surface area contributed by atoms with Crippen LogP contribution in [0.15, 0.2) is 0 Å². The maximum absolute atomic E-state index is 10.9. The molecule has 0 aliphatic carbocycles. The second-order valence-electron chi connectivity index (χ2n) is 2.85. The summed E-state index contributed by atoms with van der Waals surface area (Å²) in [5.74, 6) is -0.290. The molecule has 0 spiro atoms. The van der Waals surface area contributed by atoms with Crippen LogP contribution in [0, 0.1) is 6.92 Å². The molecule has 0 saturated carbocycles. The molecule has 0 fully saturated rings. The summed E-state index contributed by atoms with van der Waals surface area (Å²) in [7, 11) is 1.56. The van der Waals surface area contributed by atoms with Crippen molar-refractivity contribution in [3.05, 3.63) is 16.4 Å². The first-order valence-corrected chi connectivity index (χ1v) is 6.85. The largest absolute Gasteiger partial charge is 0.267 e. The topological polar surface area (TPSA) is 52.0 Å². The number of rotatable bonds is 3. The van der Waals surface area contributed by atoms with Crippen molar-refractivity contribution < 1.29 is 8.42 Å². The third-order valence-electron chi connectivity index (χ3n) is 1.76. The summed E-state index contributed by atoms with van der Waals surface area (Å²) in [5.41, 5.74) is 1.06. The van der Waals surface area contributed by atoms with Crippen LogP contribution in [0.4, 0.5) is 0 Å². The van der Waals surface area contributed by atoms with Crippen LogP contribution in [0.25, 0.3) is 0 Å². The molecule has 80 valence electrons. The van der Waals surface area contributed by atoms with Crippen LogP contribution in [0.1, 0.15) is 18.3 Å². The highest BCUT2D eigenvalue weighted by Crippen LogP contribution is 2.23. The Morgan fingerprint density at radius 3 is 2.50 bits per heavy atom. The van der Waals surface area contributed by atoms with Gasteiger partial charge in [0.05, 0.1) is 16.4 Å². The first-order chi connectivity index (χ1) is 6.35. The quantitative estimate of drug-likeness (QED) is 0.777. The van der Waals surface area contributed by atoms with Crippen LogP contribution in [0.5, 0.6) is 0 Å². The lowest BCUT2D eigenvalue weighted by Gasteiger charge is -2.02. The van der Waals surface area contributed by atoms with E-state index in [0.717, 1.165) is 0 Å². The minimum absolute atomic E-state index is 0.290. The molecule has 0 aliphatic heterocycles. The fourth-order valence-corrected chi connectivity index (χ4v) is 2.38. The van der Waals surface area contributed by atoms with Crippen LogP contribution < -0.4 is 0 Å². The first kappa shape index (κ1) is 11.8. The number of halogens is 2. The normalized spacial score (nSPS) is 12.0. The monoisotopic (exact) mass is 256 g/mol. The SMILES string of the molecule is CCn1nc(C)c(Cl)c1CS(=O)(=O)Cl. The van der Waals surface area contributed by atoms with E-state index in [4.69, 9.17) is 22.3 Å². The third-order valence-corrected chi connectivity index (χ3v) is 3.20. The average Bonchev–Trinajstić information content (AvgIpc) is 2.30. The summed E-state index contributed by atoms with van der Waals surface area (Å²) in [4.78, 5) is 0. The molecule has 14 heavy (non-hydrogen) atoms. The summed E-state index contributed by atoms with van der Waals surface area (Å²) in [5, 5.41) is 4.45. The maximum atomic E-state index is 10.9. The highest BCUT2D eigenvalue weighted by molar-refractivity contribution is 8.13. The molecule has 1 rings (SSSR count). The summed E-state index contributed by atoms with van der Waals surface area (Å²) in [6.45, 7) is 4.14. The molecule has 0 aliphatic rings. The van der Waals surface area contributed by atoms with Gasteiger partial charge in [0.25, 0.3) is 0 Å². The Balaban J connectivity index is 3.18. The Morgan fingerprint density at radius 1 is 1.50 bits per heavy atom. The van der Waals surface area contributed by atoms with Crippen LogP contribution in [0.3, 0.4) is 0 Å². The molecule has 0 amide bonds.